The molecule has 1 saturated carbocycles. The first-order valence-corrected chi connectivity index (χ1v) is 39.7. The van der Waals surface area contributed by atoms with Crippen LogP contribution in [0.1, 0.15) is 182 Å². The molecule has 0 unspecified atom stereocenters. The highest BCUT2D eigenvalue weighted by Crippen LogP contribution is 2.31. The number of benzene rings is 3. The van der Waals surface area contributed by atoms with E-state index >= 15 is 24.0 Å². The molecule has 116 heavy (non-hydrogen) atoms. The lowest BCUT2D eigenvalue weighted by Gasteiger charge is -2.35. The molecule has 1 aliphatic heterocycles. The minimum Gasteiger partial charge on any atom is -0.508 e. The number of carbonyl (C=O) groups is 15. The van der Waals surface area contributed by atoms with Gasteiger partial charge < -0.3 is 100 Å². The van der Waals surface area contributed by atoms with Gasteiger partial charge in [0.1, 0.15) is 83.3 Å². The van der Waals surface area contributed by atoms with Crippen molar-refractivity contribution in [3.63, 3.8) is 0 Å². The van der Waals surface area contributed by atoms with Gasteiger partial charge in [-0.3, -0.25) is 71.9 Å². The Morgan fingerprint density at radius 2 is 1.18 bits per heavy atom. The number of rotatable bonds is 29. The van der Waals surface area contributed by atoms with Crippen LogP contribution in [0.5, 0.6) is 5.75 Å². The van der Waals surface area contributed by atoms with Crippen LogP contribution >= 0.6 is 0 Å². The molecule has 634 valence electrons. The molecule has 0 saturated heterocycles. The predicted molar refractivity (Wildman–Crippen MR) is 428 cm³/mol. The number of carboxylic acids is 1. The Morgan fingerprint density at radius 3 is 1.80 bits per heavy atom. The summed E-state index contributed by atoms with van der Waals surface area (Å²) in [7, 11) is 0. The SMILES string of the molecule is CC(=O)N[C@@H](CC(C)C)C(=O)N[C@H](C(=O)N[C@@H](Cc1ccccc1)C(=O)N[C@]1(C)CCCCCC/C=C\CCC[C@@](C)(C(=O)N[C@@H](CO)C(=O)N[C@@H](C)C(=O)N[C@@H](C)C(N)=O)NC(=O)[C@H](CC2CCC2)NC(=O)[C@H](C)NC(=O)[C@H](Cc2c[nH]c3ccccc23)NC(=O)[C@H](Cc2ccc(O)cc2)NC(=O)[C@H](CCC(=O)O)NC1=O)[C@@H](C)O. The highest BCUT2D eigenvalue weighted by Gasteiger charge is 2.44. The molecule has 1 aromatic heterocycles. The minimum atomic E-state index is -2.02. The summed E-state index contributed by atoms with van der Waals surface area (Å²) in [6.45, 7) is 11.9. The van der Waals surface area contributed by atoms with Gasteiger partial charge in [-0.15, -0.1) is 0 Å². The fraction of sp³-hybridized carbons (Fsp3) is 0.549. The first kappa shape index (κ1) is 93.6. The standard InChI is InChI=1S/C82H117N15O19/c1-46(2)39-60(88-51(7)100)74(110)95-67(50(6)99)78(114)92-63(40-52-25-18-17-19-26-52)77(113)97-81(8)37-22-15-13-11-10-12-14-16-23-38-82(9,80(116)94-65(45-98)75(111)87-48(4)69(105)85-47(3)68(83)104)96-76(112)62(41-53-27-24-28-53)89-70(106)49(5)86-72(108)64(43-55-44-84-58-30-21-20-29-57(55)58)91-73(109)61(42-54-31-33-56(101)34-32-54)90-71(107)59(93-79(81)115)35-36-66(102)103/h12,14,17-21,25-26,29-34,44,46-50,53,59-65,67,84,98-99,101H,10-11,13,15-16,22-24,27-28,35-43,45H2,1-9H3,(H2,83,104)(H,85,105)(H,86,108)(H,87,111)(H,88,100)(H,89,106)(H,90,107)(H,91,109)(H,92,114)(H,93,115)(H,94,116)(H,95,110)(H,96,112)(H,97,113)(H,102,103)/b14-12-/t47-,48-,49-,50+,59-,60-,61-,62-,63-,64-,65-,67-,81+,82-/m0/s1. The third-order valence-electron chi connectivity index (χ3n) is 20.7. The molecule has 14 atom stereocenters. The second-order valence-corrected chi connectivity index (χ2v) is 31.2. The van der Waals surface area contributed by atoms with E-state index in [-0.39, 0.29) is 75.4 Å². The quantitative estimate of drug-likeness (QED) is 0.0339. The van der Waals surface area contributed by atoms with Crippen molar-refractivity contribution in [2.24, 2.45) is 17.6 Å². The van der Waals surface area contributed by atoms with E-state index in [0.29, 0.717) is 72.5 Å². The lowest BCUT2D eigenvalue weighted by Crippen LogP contribution is -2.65. The number of para-hydroxylation sites is 1. The maximum absolute atomic E-state index is 15.4. The number of aromatic nitrogens is 1. The van der Waals surface area contributed by atoms with E-state index in [9.17, 15) is 68.4 Å². The molecule has 14 amide bonds. The molecule has 4 aromatic rings. The number of fused-ring (bicyclic) bond motifs is 1. The van der Waals surface area contributed by atoms with Gasteiger partial charge in [-0.2, -0.15) is 0 Å². The number of phenolic OH excluding ortho intramolecular Hbond substituents is 1. The number of carbonyl (C=O) groups excluding carboxylic acids is 14. The molecule has 34 heteroatoms. The van der Waals surface area contributed by atoms with Crippen LogP contribution in [0.2, 0.25) is 0 Å². The normalized spacial score (nSPS) is 22.9. The van der Waals surface area contributed by atoms with E-state index < -0.39 is 192 Å². The molecular weight excluding hydrogens is 1500 g/mol. The Labute approximate surface area is 674 Å². The van der Waals surface area contributed by atoms with Gasteiger partial charge in [0.05, 0.1) is 12.7 Å². The molecule has 2 aliphatic rings. The fourth-order valence-corrected chi connectivity index (χ4v) is 13.5. The zero-order valence-corrected chi connectivity index (χ0v) is 67.5. The maximum atomic E-state index is 15.4. The van der Waals surface area contributed by atoms with Gasteiger partial charge in [-0.25, -0.2) is 0 Å². The van der Waals surface area contributed by atoms with Gasteiger partial charge in [0.2, 0.25) is 82.7 Å². The third kappa shape index (κ3) is 29.5. The Kier molecular flexibility index (Phi) is 36.4. The van der Waals surface area contributed by atoms with Gasteiger partial charge in [0, 0.05) is 49.7 Å². The van der Waals surface area contributed by atoms with Crippen molar-refractivity contribution in [1.29, 1.82) is 0 Å². The van der Waals surface area contributed by atoms with Gasteiger partial charge in [0.15, 0.2) is 0 Å². The summed E-state index contributed by atoms with van der Waals surface area (Å²) < 4.78 is 0. The van der Waals surface area contributed by atoms with Crippen LogP contribution in [0.4, 0.5) is 0 Å². The number of aliphatic hydroxyl groups is 2. The van der Waals surface area contributed by atoms with Gasteiger partial charge in [-0.05, 0) is 146 Å². The number of carboxylic acid groups (broad SMARTS) is 1. The number of nitrogens with one attached hydrogen (secondary N) is 14. The molecule has 1 fully saturated rings. The lowest BCUT2D eigenvalue weighted by atomic mass is 9.80. The number of primary amides is 1. The summed E-state index contributed by atoms with van der Waals surface area (Å²) in [5.74, 6) is -14.3. The number of nitrogens with two attached hydrogens (primary N) is 1. The molecule has 34 nitrogen and oxygen atoms in total. The summed E-state index contributed by atoms with van der Waals surface area (Å²) in [6, 6.07) is 4.80. The molecular formula is C82H117N15O19. The molecule has 0 spiro atoms. The number of phenols is 1. The van der Waals surface area contributed by atoms with Crippen LogP contribution in [0.3, 0.4) is 0 Å². The number of amides is 14. The van der Waals surface area contributed by atoms with E-state index in [0.717, 1.165) is 6.42 Å². The number of hydrogen-bond donors (Lipinski definition) is 19. The number of aromatic hydroxyl groups is 1. The summed E-state index contributed by atoms with van der Waals surface area (Å²) >= 11 is 0. The number of aliphatic hydroxyl groups excluding tert-OH is 2. The van der Waals surface area contributed by atoms with Crippen molar-refractivity contribution in [3.05, 3.63) is 114 Å². The molecule has 6 rings (SSSR count). The van der Waals surface area contributed by atoms with E-state index in [1.165, 1.54) is 72.7 Å². The Bertz CT molecular complexity index is 4110. The predicted octanol–water partition coefficient (Wildman–Crippen LogP) is 1.10. The summed E-state index contributed by atoms with van der Waals surface area (Å²) in [5, 5.41) is 76.8. The average Bonchev–Trinajstić information content (AvgIpc) is 1.30. The van der Waals surface area contributed by atoms with Crippen molar-refractivity contribution in [1.82, 2.24) is 74.1 Å². The number of H-pyrrole nitrogens is 1. The molecule has 2 heterocycles. The summed E-state index contributed by atoms with van der Waals surface area (Å²) in [4.78, 5) is 215. The van der Waals surface area contributed by atoms with Crippen LogP contribution in [-0.2, 0) is 91.2 Å². The number of allylic oxidation sites excluding steroid dienone is 2. The van der Waals surface area contributed by atoms with Gasteiger partial charge >= 0.3 is 5.97 Å². The highest BCUT2D eigenvalue weighted by molar-refractivity contribution is 6.02. The zero-order chi connectivity index (χ0) is 85.6. The first-order chi connectivity index (χ1) is 54.9. The smallest absolute Gasteiger partial charge is 0.303 e. The average molecular weight is 1620 g/mol. The maximum Gasteiger partial charge on any atom is 0.303 e. The van der Waals surface area contributed by atoms with Gasteiger partial charge in [-0.1, -0.05) is 125 Å². The van der Waals surface area contributed by atoms with Crippen LogP contribution in [0.15, 0.2) is 97.2 Å². The van der Waals surface area contributed by atoms with Crippen molar-refractivity contribution in [2.45, 2.75) is 268 Å². The monoisotopic (exact) mass is 1620 g/mol. The largest absolute Gasteiger partial charge is 0.508 e. The molecule has 0 bridgehead atoms. The summed E-state index contributed by atoms with van der Waals surface area (Å²) in [5.41, 5.74) is 3.45. The van der Waals surface area contributed by atoms with Crippen molar-refractivity contribution < 1.29 is 92.3 Å². The second-order valence-electron chi connectivity index (χ2n) is 31.2. The van der Waals surface area contributed by atoms with Crippen LogP contribution in [-0.4, -0.2) is 204 Å². The Hall–Kier alpha value is -11.3. The van der Waals surface area contributed by atoms with Crippen LogP contribution < -0.4 is 74.9 Å². The highest BCUT2D eigenvalue weighted by atomic mass is 16.4. The lowest BCUT2D eigenvalue weighted by molar-refractivity contribution is -0.140. The van der Waals surface area contributed by atoms with Crippen LogP contribution in [0, 0.1) is 11.8 Å². The first-order valence-electron chi connectivity index (χ1n) is 39.7. The summed E-state index contributed by atoms with van der Waals surface area (Å²) in [6.07, 6.45) is 6.81. The Balaban J connectivity index is 1.41. The third-order valence-corrected chi connectivity index (χ3v) is 20.7. The zero-order valence-electron chi connectivity index (χ0n) is 67.5. The minimum absolute atomic E-state index is 0.0556. The fourth-order valence-electron chi connectivity index (χ4n) is 13.5. The van der Waals surface area contributed by atoms with E-state index in [4.69, 9.17) is 5.73 Å². The van der Waals surface area contributed by atoms with Crippen molar-refractivity contribution in [3.8, 4) is 5.75 Å². The number of aromatic amines is 1. The topological polar surface area (TPSA) is 535 Å². The molecule has 0 radical (unpaired) electrons. The van der Waals surface area contributed by atoms with Gasteiger partial charge in [0.25, 0.3) is 0 Å². The number of aliphatic carboxylic acids is 1. The molecule has 3 aromatic carbocycles. The van der Waals surface area contributed by atoms with Crippen molar-refractivity contribution >= 4 is 99.6 Å². The molecule has 1 aliphatic carbocycles. The Morgan fingerprint density at radius 1 is 0.578 bits per heavy atom. The van der Waals surface area contributed by atoms with Crippen molar-refractivity contribution in [2.75, 3.05) is 6.61 Å². The number of hydrogen-bond acceptors (Lipinski definition) is 18. The second kappa shape index (κ2) is 45.1. The van der Waals surface area contributed by atoms with E-state index in [2.05, 4.69) is 74.1 Å². The molecule has 20 N–H and O–H groups in total. The van der Waals surface area contributed by atoms with E-state index in [1.54, 1.807) is 60.8 Å². The van der Waals surface area contributed by atoms with E-state index in [1.807, 2.05) is 26.0 Å². The van der Waals surface area contributed by atoms with Crippen LogP contribution in [0.25, 0.3) is 10.9 Å².